The summed E-state index contributed by atoms with van der Waals surface area (Å²) in [6, 6.07) is 6.86. The quantitative estimate of drug-likeness (QED) is 0.767. The van der Waals surface area contributed by atoms with Gasteiger partial charge in [0.1, 0.15) is 5.75 Å². The number of hydrogen-bond donors (Lipinski definition) is 1. The van der Waals surface area contributed by atoms with Gasteiger partial charge in [0.15, 0.2) is 0 Å². The monoisotopic (exact) mass is 233 g/mol. The van der Waals surface area contributed by atoms with Crippen LogP contribution < -0.4 is 4.74 Å². The van der Waals surface area contributed by atoms with Gasteiger partial charge in [-0.25, -0.2) is 4.79 Å². The van der Waals surface area contributed by atoms with Crippen molar-refractivity contribution in [2.24, 2.45) is 0 Å². The van der Waals surface area contributed by atoms with Crippen LogP contribution in [0, 0.1) is 18.3 Å². The number of nitrogens with zero attached hydrogens (tertiary/aromatic N) is 1. The molecule has 4 heteroatoms. The Balaban J connectivity index is 2.50. The van der Waals surface area contributed by atoms with Crippen LogP contribution in [0.1, 0.15) is 35.2 Å². The number of carboxylic acids is 1. The molecule has 0 aliphatic heterocycles. The number of nitriles is 1. The summed E-state index contributed by atoms with van der Waals surface area (Å²) >= 11 is 0. The number of ether oxygens (including phenoxy) is 1. The van der Waals surface area contributed by atoms with Gasteiger partial charge < -0.3 is 9.84 Å². The number of rotatable bonds is 6. The van der Waals surface area contributed by atoms with Crippen molar-refractivity contribution >= 4 is 5.97 Å². The van der Waals surface area contributed by atoms with E-state index in [1.54, 1.807) is 12.1 Å². The summed E-state index contributed by atoms with van der Waals surface area (Å²) in [6.07, 6.45) is 2.19. The number of aromatic carboxylic acids is 1. The average molecular weight is 233 g/mol. The summed E-state index contributed by atoms with van der Waals surface area (Å²) in [6.45, 7) is 2.37. The Bertz CT molecular complexity index is 435. The Morgan fingerprint density at radius 2 is 2.24 bits per heavy atom. The molecule has 0 heterocycles. The lowest BCUT2D eigenvalue weighted by Crippen LogP contribution is -2.01. The molecule has 4 nitrogen and oxygen atoms in total. The first-order valence-corrected chi connectivity index (χ1v) is 5.49. The van der Waals surface area contributed by atoms with Crippen LogP contribution in [0.2, 0.25) is 0 Å². The fourth-order valence-corrected chi connectivity index (χ4v) is 1.43. The topological polar surface area (TPSA) is 70.3 Å². The molecular weight excluding hydrogens is 218 g/mol. The zero-order valence-corrected chi connectivity index (χ0v) is 9.77. The summed E-state index contributed by atoms with van der Waals surface area (Å²) in [7, 11) is 0. The van der Waals surface area contributed by atoms with Gasteiger partial charge in [0, 0.05) is 6.42 Å². The maximum Gasteiger partial charge on any atom is 0.335 e. The van der Waals surface area contributed by atoms with Crippen molar-refractivity contribution in [3.8, 4) is 11.8 Å². The Kier molecular flexibility index (Phi) is 5.02. The second kappa shape index (κ2) is 6.54. The molecule has 0 spiro atoms. The van der Waals surface area contributed by atoms with Crippen LogP contribution in [0.5, 0.6) is 5.75 Å². The predicted molar refractivity (Wildman–Crippen MR) is 63.1 cm³/mol. The number of carbonyl (C=O) groups is 1. The fraction of sp³-hybridized carbons (Fsp3) is 0.385. The molecule has 0 unspecified atom stereocenters. The number of benzene rings is 1. The van der Waals surface area contributed by atoms with Crippen LogP contribution in [0.15, 0.2) is 18.2 Å². The SMILES string of the molecule is Cc1cc(C(=O)O)ccc1OCCCCC#N. The van der Waals surface area contributed by atoms with E-state index in [4.69, 9.17) is 15.1 Å². The molecule has 90 valence electrons. The van der Waals surface area contributed by atoms with Crippen LogP contribution >= 0.6 is 0 Å². The zero-order valence-electron chi connectivity index (χ0n) is 9.77. The van der Waals surface area contributed by atoms with Crippen molar-refractivity contribution in [1.29, 1.82) is 5.26 Å². The summed E-state index contributed by atoms with van der Waals surface area (Å²) in [4.78, 5) is 10.7. The third-order valence-electron chi connectivity index (χ3n) is 2.36. The molecule has 17 heavy (non-hydrogen) atoms. The highest BCUT2D eigenvalue weighted by Crippen LogP contribution is 2.19. The number of hydrogen-bond acceptors (Lipinski definition) is 3. The molecule has 1 aromatic rings. The normalized spacial score (nSPS) is 9.65. The van der Waals surface area contributed by atoms with Crippen molar-refractivity contribution in [1.82, 2.24) is 0 Å². The molecule has 0 aliphatic rings. The van der Waals surface area contributed by atoms with E-state index in [1.165, 1.54) is 6.07 Å². The van der Waals surface area contributed by atoms with Gasteiger partial charge >= 0.3 is 5.97 Å². The molecule has 0 fully saturated rings. The number of unbranched alkanes of at least 4 members (excludes halogenated alkanes) is 2. The molecular formula is C13H15NO3. The van der Waals surface area contributed by atoms with Gasteiger partial charge in [0.05, 0.1) is 18.2 Å². The van der Waals surface area contributed by atoms with E-state index in [0.29, 0.717) is 18.8 Å². The Labute approximate surface area is 100 Å². The minimum Gasteiger partial charge on any atom is -0.493 e. The van der Waals surface area contributed by atoms with Gasteiger partial charge in [-0.3, -0.25) is 0 Å². The third-order valence-corrected chi connectivity index (χ3v) is 2.36. The van der Waals surface area contributed by atoms with E-state index in [9.17, 15) is 4.79 Å². The van der Waals surface area contributed by atoms with Gasteiger partial charge in [0.25, 0.3) is 0 Å². The standard InChI is InChI=1S/C13H15NO3/c1-10-9-11(13(15)16)5-6-12(10)17-8-4-2-3-7-14/h5-6,9H,2-4,8H2,1H3,(H,15,16). The minimum atomic E-state index is -0.936. The van der Waals surface area contributed by atoms with E-state index in [2.05, 4.69) is 6.07 Å². The Hall–Kier alpha value is -2.02. The predicted octanol–water partition coefficient (Wildman–Crippen LogP) is 2.77. The van der Waals surface area contributed by atoms with Crippen LogP contribution in [-0.4, -0.2) is 17.7 Å². The average Bonchev–Trinajstić information content (AvgIpc) is 2.30. The van der Waals surface area contributed by atoms with Gasteiger partial charge in [-0.2, -0.15) is 5.26 Å². The lowest BCUT2D eigenvalue weighted by atomic mass is 10.1. The molecule has 1 rings (SSSR count). The first kappa shape index (κ1) is 13.0. The maximum absolute atomic E-state index is 10.7. The van der Waals surface area contributed by atoms with Gasteiger partial charge in [-0.15, -0.1) is 0 Å². The van der Waals surface area contributed by atoms with Crippen molar-refractivity contribution in [3.63, 3.8) is 0 Å². The smallest absolute Gasteiger partial charge is 0.335 e. The minimum absolute atomic E-state index is 0.263. The molecule has 0 atom stereocenters. The highest BCUT2D eigenvalue weighted by Gasteiger charge is 2.06. The van der Waals surface area contributed by atoms with Crippen molar-refractivity contribution in [3.05, 3.63) is 29.3 Å². The second-order valence-electron chi connectivity index (χ2n) is 3.75. The Morgan fingerprint density at radius 3 is 2.82 bits per heavy atom. The summed E-state index contributed by atoms with van der Waals surface area (Å²) < 4.78 is 5.52. The van der Waals surface area contributed by atoms with E-state index < -0.39 is 5.97 Å². The molecule has 1 aromatic carbocycles. The second-order valence-corrected chi connectivity index (χ2v) is 3.75. The van der Waals surface area contributed by atoms with Crippen molar-refractivity contribution in [2.45, 2.75) is 26.2 Å². The molecule has 0 amide bonds. The van der Waals surface area contributed by atoms with Gasteiger partial charge in [-0.1, -0.05) is 0 Å². The maximum atomic E-state index is 10.7. The van der Waals surface area contributed by atoms with Gasteiger partial charge in [-0.05, 0) is 43.5 Å². The number of carboxylic acid groups (broad SMARTS) is 1. The van der Waals surface area contributed by atoms with E-state index in [0.717, 1.165) is 18.4 Å². The van der Waals surface area contributed by atoms with Crippen LogP contribution in [0.25, 0.3) is 0 Å². The largest absolute Gasteiger partial charge is 0.493 e. The van der Waals surface area contributed by atoms with Crippen LogP contribution in [-0.2, 0) is 0 Å². The molecule has 0 aromatic heterocycles. The van der Waals surface area contributed by atoms with E-state index >= 15 is 0 Å². The van der Waals surface area contributed by atoms with E-state index in [1.807, 2.05) is 6.92 Å². The molecule has 0 saturated heterocycles. The Morgan fingerprint density at radius 1 is 1.47 bits per heavy atom. The highest BCUT2D eigenvalue weighted by atomic mass is 16.5. The molecule has 0 bridgehead atoms. The fourth-order valence-electron chi connectivity index (χ4n) is 1.43. The first-order valence-electron chi connectivity index (χ1n) is 5.49. The molecule has 0 radical (unpaired) electrons. The van der Waals surface area contributed by atoms with Crippen LogP contribution in [0.4, 0.5) is 0 Å². The first-order chi connectivity index (χ1) is 8.15. The summed E-state index contributed by atoms with van der Waals surface area (Å²) in [5.74, 6) is -0.236. The summed E-state index contributed by atoms with van der Waals surface area (Å²) in [5.41, 5.74) is 1.07. The molecule has 0 aliphatic carbocycles. The van der Waals surface area contributed by atoms with Crippen molar-refractivity contribution < 1.29 is 14.6 Å². The lowest BCUT2D eigenvalue weighted by Gasteiger charge is -2.09. The number of aryl methyl sites for hydroxylation is 1. The summed E-state index contributed by atoms with van der Waals surface area (Å²) in [5, 5.41) is 17.2. The zero-order chi connectivity index (χ0) is 12.7. The van der Waals surface area contributed by atoms with E-state index in [-0.39, 0.29) is 5.56 Å². The van der Waals surface area contributed by atoms with Crippen molar-refractivity contribution in [2.75, 3.05) is 6.61 Å². The lowest BCUT2D eigenvalue weighted by molar-refractivity contribution is 0.0696. The molecule has 1 N–H and O–H groups in total. The molecule has 0 saturated carbocycles. The highest BCUT2D eigenvalue weighted by molar-refractivity contribution is 5.88. The van der Waals surface area contributed by atoms with Crippen LogP contribution in [0.3, 0.4) is 0 Å². The van der Waals surface area contributed by atoms with Gasteiger partial charge in [0.2, 0.25) is 0 Å². The third kappa shape index (κ3) is 4.15.